The lowest BCUT2D eigenvalue weighted by atomic mass is 10.0. The molecule has 0 aliphatic carbocycles. The normalized spacial score (nSPS) is 21.1. The van der Waals surface area contributed by atoms with Gasteiger partial charge in [-0.3, -0.25) is 24.1 Å². The lowest BCUT2D eigenvalue weighted by Gasteiger charge is -2.33. The van der Waals surface area contributed by atoms with E-state index >= 15 is 0 Å². The maximum absolute atomic E-state index is 12.7. The zero-order valence-electron chi connectivity index (χ0n) is 14.0. The summed E-state index contributed by atoms with van der Waals surface area (Å²) in [6, 6.07) is 5.01. The molecule has 2 heterocycles. The van der Waals surface area contributed by atoms with E-state index in [4.69, 9.17) is 10.6 Å². The summed E-state index contributed by atoms with van der Waals surface area (Å²) in [5.74, 6) is -4.40. The molecule has 0 radical (unpaired) electrons. The molecular formula is C17H17N3O6. The monoisotopic (exact) mass is 359 g/mol. The quantitative estimate of drug-likeness (QED) is 0.741. The molecule has 2 unspecified atom stereocenters. The molecule has 1 aromatic carbocycles. The van der Waals surface area contributed by atoms with E-state index in [-0.39, 0.29) is 30.5 Å². The number of carbonyl (C=O) groups excluding carboxylic acids is 5. The average Bonchev–Trinajstić information content (AvgIpc) is 2.89. The largest absolute Gasteiger partial charge is 0.337 e. The Bertz CT molecular complexity index is 785. The number of hydrogen-bond acceptors (Lipinski definition) is 7. The molecule has 4 amide bonds. The summed E-state index contributed by atoms with van der Waals surface area (Å²) >= 11 is 0. The van der Waals surface area contributed by atoms with E-state index in [2.05, 4.69) is 0 Å². The minimum absolute atomic E-state index is 0.0170. The first-order valence-corrected chi connectivity index (χ1v) is 8.12. The topological polar surface area (TPSA) is 127 Å². The Morgan fingerprint density at radius 1 is 1.19 bits per heavy atom. The summed E-state index contributed by atoms with van der Waals surface area (Å²) in [6.07, 6.45) is -0.169. The lowest BCUT2D eigenvalue weighted by molar-refractivity contribution is -0.210. The van der Waals surface area contributed by atoms with Gasteiger partial charge >= 0.3 is 5.97 Å². The van der Waals surface area contributed by atoms with Crippen LogP contribution in [0.4, 0.5) is 0 Å². The molecule has 136 valence electrons. The third kappa shape index (κ3) is 2.76. The van der Waals surface area contributed by atoms with Gasteiger partial charge in [0.15, 0.2) is 0 Å². The van der Waals surface area contributed by atoms with E-state index in [0.717, 1.165) is 4.90 Å². The predicted octanol–water partition coefficient (Wildman–Crippen LogP) is -0.147. The molecular weight excluding hydrogens is 342 g/mol. The van der Waals surface area contributed by atoms with Gasteiger partial charge < -0.3 is 10.6 Å². The Morgan fingerprint density at radius 3 is 2.31 bits per heavy atom. The van der Waals surface area contributed by atoms with E-state index in [1.807, 2.05) is 0 Å². The van der Waals surface area contributed by atoms with Gasteiger partial charge in [0.2, 0.25) is 0 Å². The fourth-order valence-corrected chi connectivity index (χ4v) is 2.85. The van der Waals surface area contributed by atoms with Crippen molar-refractivity contribution in [3.05, 3.63) is 35.4 Å². The molecule has 0 spiro atoms. The molecule has 0 aromatic heterocycles. The van der Waals surface area contributed by atoms with E-state index in [1.54, 1.807) is 12.1 Å². The van der Waals surface area contributed by atoms with Crippen LogP contribution in [0, 0.1) is 5.92 Å². The maximum Gasteiger partial charge on any atom is 0.337 e. The van der Waals surface area contributed by atoms with E-state index in [1.165, 1.54) is 19.1 Å². The SMILES string of the molecule is CC(CN)C(=O)ON1C(=O)CCC(N2C(=O)c3ccccc3C2=O)C1=O. The van der Waals surface area contributed by atoms with Crippen LogP contribution in [0.5, 0.6) is 0 Å². The number of nitrogens with two attached hydrogens (primary N) is 1. The van der Waals surface area contributed by atoms with Crippen molar-refractivity contribution in [2.75, 3.05) is 6.54 Å². The van der Waals surface area contributed by atoms with Crippen molar-refractivity contribution in [1.82, 2.24) is 9.96 Å². The summed E-state index contributed by atoms with van der Waals surface area (Å²) < 4.78 is 0. The highest BCUT2D eigenvalue weighted by Crippen LogP contribution is 2.29. The van der Waals surface area contributed by atoms with Gasteiger partial charge in [0.25, 0.3) is 23.6 Å². The van der Waals surface area contributed by atoms with Crippen molar-refractivity contribution < 1.29 is 28.8 Å². The number of fused-ring (bicyclic) bond motifs is 1. The highest BCUT2D eigenvalue weighted by molar-refractivity contribution is 6.23. The van der Waals surface area contributed by atoms with Gasteiger partial charge in [-0.15, -0.1) is 5.06 Å². The molecule has 2 aliphatic rings. The van der Waals surface area contributed by atoms with Crippen molar-refractivity contribution in [3.8, 4) is 0 Å². The fourth-order valence-electron chi connectivity index (χ4n) is 2.85. The standard InChI is InChI=1S/C17H17N3O6/c1-9(8-18)17(25)26-20-13(21)7-6-12(16(20)24)19-14(22)10-4-2-3-5-11(10)15(19)23/h2-5,9,12H,6-8,18H2,1H3. The van der Waals surface area contributed by atoms with Gasteiger partial charge in [-0.1, -0.05) is 19.1 Å². The number of carbonyl (C=O) groups is 5. The first-order chi connectivity index (χ1) is 12.4. The van der Waals surface area contributed by atoms with Gasteiger partial charge in [0.1, 0.15) is 6.04 Å². The van der Waals surface area contributed by atoms with E-state index in [9.17, 15) is 24.0 Å². The number of rotatable bonds is 4. The molecule has 2 aliphatic heterocycles. The Kier molecular flexibility index (Phi) is 4.56. The van der Waals surface area contributed by atoms with Gasteiger partial charge in [-0.25, -0.2) is 4.79 Å². The Hall–Kier alpha value is -3.07. The van der Waals surface area contributed by atoms with Crippen LogP contribution in [0.15, 0.2) is 24.3 Å². The molecule has 9 heteroatoms. The number of piperidine rings is 1. The smallest absolute Gasteiger partial charge is 0.330 e. The van der Waals surface area contributed by atoms with Crippen molar-refractivity contribution >= 4 is 29.6 Å². The van der Waals surface area contributed by atoms with E-state index in [0.29, 0.717) is 5.06 Å². The number of amides is 4. The summed E-state index contributed by atoms with van der Waals surface area (Å²) in [4.78, 5) is 67.3. The summed E-state index contributed by atoms with van der Waals surface area (Å²) in [5.41, 5.74) is 5.77. The molecule has 3 rings (SSSR count). The van der Waals surface area contributed by atoms with Crippen LogP contribution in [-0.4, -0.2) is 52.1 Å². The van der Waals surface area contributed by atoms with Crippen LogP contribution < -0.4 is 5.73 Å². The minimum Gasteiger partial charge on any atom is -0.330 e. The fraction of sp³-hybridized carbons (Fsp3) is 0.353. The Balaban J connectivity index is 1.85. The molecule has 9 nitrogen and oxygen atoms in total. The van der Waals surface area contributed by atoms with Crippen molar-refractivity contribution in [2.45, 2.75) is 25.8 Å². The van der Waals surface area contributed by atoms with Gasteiger partial charge in [0, 0.05) is 13.0 Å². The number of hydrogen-bond donors (Lipinski definition) is 1. The van der Waals surface area contributed by atoms with Crippen molar-refractivity contribution in [2.24, 2.45) is 11.7 Å². The van der Waals surface area contributed by atoms with Gasteiger partial charge in [-0.2, -0.15) is 0 Å². The lowest BCUT2D eigenvalue weighted by Crippen LogP contribution is -2.56. The Morgan fingerprint density at radius 2 is 1.77 bits per heavy atom. The summed E-state index contributed by atoms with van der Waals surface area (Å²) in [6.45, 7) is 1.47. The first kappa shape index (κ1) is 17.7. The zero-order chi connectivity index (χ0) is 19.0. The van der Waals surface area contributed by atoms with Crippen LogP contribution in [0.1, 0.15) is 40.5 Å². The van der Waals surface area contributed by atoms with Crippen LogP contribution in [0.25, 0.3) is 0 Å². The predicted molar refractivity (Wildman–Crippen MR) is 86.1 cm³/mol. The summed E-state index contributed by atoms with van der Waals surface area (Å²) in [5, 5.41) is 0.339. The number of hydroxylamine groups is 2. The summed E-state index contributed by atoms with van der Waals surface area (Å²) in [7, 11) is 0. The third-order valence-corrected chi connectivity index (χ3v) is 4.42. The van der Waals surface area contributed by atoms with Crippen molar-refractivity contribution in [3.63, 3.8) is 0 Å². The highest BCUT2D eigenvalue weighted by Gasteiger charge is 2.48. The number of nitrogens with zero attached hydrogens (tertiary/aromatic N) is 2. The number of benzene rings is 1. The molecule has 2 atom stereocenters. The minimum atomic E-state index is -1.21. The molecule has 1 saturated heterocycles. The third-order valence-electron chi connectivity index (χ3n) is 4.42. The van der Waals surface area contributed by atoms with Gasteiger partial charge in [0.05, 0.1) is 17.0 Å². The molecule has 1 fully saturated rings. The van der Waals surface area contributed by atoms with Crippen LogP contribution in [0.2, 0.25) is 0 Å². The van der Waals surface area contributed by atoms with Crippen molar-refractivity contribution in [1.29, 1.82) is 0 Å². The Labute approximate surface area is 148 Å². The van der Waals surface area contributed by atoms with Crippen LogP contribution in [-0.2, 0) is 19.2 Å². The van der Waals surface area contributed by atoms with E-state index < -0.39 is 41.6 Å². The molecule has 1 aromatic rings. The van der Waals surface area contributed by atoms with Crippen LogP contribution >= 0.6 is 0 Å². The first-order valence-electron chi connectivity index (χ1n) is 8.12. The molecule has 26 heavy (non-hydrogen) atoms. The van der Waals surface area contributed by atoms with Gasteiger partial charge in [-0.05, 0) is 18.6 Å². The maximum atomic E-state index is 12.7. The highest BCUT2D eigenvalue weighted by atomic mass is 16.7. The average molecular weight is 359 g/mol. The molecule has 0 bridgehead atoms. The second-order valence-electron chi connectivity index (χ2n) is 6.15. The molecule has 2 N–H and O–H groups in total. The number of imide groups is 2. The second-order valence-corrected chi connectivity index (χ2v) is 6.15. The van der Waals surface area contributed by atoms with Crippen LogP contribution in [0.3, 0.4) is 0 Å². The molecule has 0 saturated carbocycles. The second kappa shape index (κ2) is 6.68. The zero-order valence-corrected chi connectivity index (χ0v) is 14.0.